The molecule has 2 heterocycles. The van der Waals surface area contributed by atoms with Gasteiger partial charge in [0, 0.05) is 10.8 Å². The van der Waals surface area contributed by atoms with Gasteiger partial charge in [-0.15, -0.1) is 0 Å². The summed E-state index contributed by atoms with van der Waals surface area (Å²) < 4.78 is 91.2. The molecule has 0 aliphatic carbocycles. The summed E-state index contributed by atoms with van der Waals surface area (Å²) >= 11 is 0. The van der Waals surface area contributed by atoms with E-state index in [9.17, 15) is 40.0 Å². The molecule has 1 aliphatic heterocycles. The average Bonchev–Trinajstić information content (AvgIpc) is 2.85. The third kappa shape index (κ3) is 3.09. The van der Waals surface area contributed by atoms with Gasteiger partial charge >= 0.3 is 6.18 Å². The molecule has 12 heteroatoms. The third-order valence-electron chi connectivity index (χ3n) is 4.00. The highest BCUT2D eigenvalue weighted by Crippen LogP contribution is 2.37. The molecular formula is C15H9F5N2O4S. The van der Waals surface area contributed by atoms with Crippen molar-refractivity contribution in [2.45, 2.75) is 12.2 Å². The van der Waals surface area contributed by atoms with E-state index in [1.807, 2.05) is 0 Å². The van der Waals surface area contributed by atoms with Crippen molar-refractivity contribution in [3.05, 3.63) is 56.7 Å². The lowest BCUT2D eigenvalue weighted by molar-refractivity contribution is -0.142. The Kier molecular flexibility index (Phi) is 4.14. The Bertz CT molecular complexity index is 1180. The van der Waals surface area contributed by atoms with Crippen molar-refractivity contribution in [1.29, 1.82) is 0 Å². The maximum Gasteiger partial charge on any atom is 0.422 e. The molecule has 1 aliphatic rings. The number of benzene rings is 1. The number of carbonyl (C=O) groups excluding carboxylic acids is 1. The highest BCUT2D eigenvalue weighted by molar-refractivity contribution is 7.94. The summed E-state index contributed by atoms with van der Waals surface area (Å²) in [5, 5.41) is 0.156. The number of sulfone groups is 1. The van der Waals surface area contributed by atoms with Gasteiger partial charge in [-0.25, -0.2) is 17.2 Å². The summed E-state index contributed by atoms with van der Waals surface area (Å²) in [6.45, 7) is 0. The molecule has 1 atom stereocenters. The number of nitrogens with two attached hydrogens (primary N) is 1. The number of amides is 1. The van der Waals surface area contributed by atoms with Gasteiger partial charge in [0.25, 0.3) is 11.5 Å². The van der Waals surface area contributed by atoms with E-state index in [0.29, 0.717) is 22.1 Å². The first-order valence-corrected chi connectivity index (χ1v) is 8.90. The summed E-state index contributed by atoms with van der Waals surface area (Å²) in [5.74, 6) is -6.09. The normalized spacial score (nSPS) is 18.9. The summed E-state index contributed by atoms with van der Waals surface area (Å²) in [4.78, 5) is 24.0. The fraction of sp³-hybridized carbons (Fsp3) is 0.200. The van der Waals surface area contributed by atoms with Gasteiger partial charge < -0.3 is 5.73 Å². The molecule has 1 aromatic heterocycles. The number of hydrogen-bond acceptors (Lipinski definition) is 4. The van der Waals surface area contributed by atoms with Crippen LogP contribution in [0.25, 0.3) is 10.9 Å². The Labute approximate surface area is 147 Å². The van der Waals surface area contributed by atoms with Crippen LogP contribution in [0.3, 0.4) is 0 Å². The molecule has 0 bridgehead atoms. The van der Waals surface area contributed by atoms with Gasteiger partial charge in [-0.05, 0) is 18.2 Å². The van der Waals surface area contributed by atoms with E-state index >= 15 is 0 Å². The number of rotatable bonds is 2. The van der Waals surface area contributed by atoms with Gasteiger partial charge in [0.1, 0.15) is 16.9 Å². The molecular weight excluding hydrogens is 399 g/mol. The van der Waals surface area contributed by atoms with Gasteiger partial charge in [-0.1, -0.05) is 0 Å². The smallest absolute Gasteiger partial charge is 0.365 e. The van der Waals surface area contributed by atoms with Crippen LogP contribution in [0.1, 0.15) is 22.0 Å². The molecule has 144 valence electrons. The Morgan fingerprint density at radius 3 is 2.33 bits per heavy atom. The van der Waals surface area contributed by atoms with Crippen LogP contribution in [-0.4, -0.2) is 24.6 Å². The highest BCUT2D eigenvalue weighted by Gasteiger charge is 2.40. The monoisotopic (exact) mass is 408 g/mol. The topological polar surface area (TPSA) is 99.2 Å². The molecule has 3 rings (SSSR count). The SMILES string of the molecule is NC(=O)c1cc2cc(F)c(C(F)(F)F)c(F)c2n(C2C=CS(=O)(=O)C2)c1=O. The van der Waals surface area contributed by atoms with Crippen LogP contribution >= 0.6 is 0 Å². The van der Waals surface area contributed by atoms with E-state index in [-0.39, 0.29) is 0 Å². The van der Waals surface area contributed by atoms with E-state index in [1.165, 1.54) is 0 Å². The van der Waals surface area contributed by atoms with Gasteiger partial charge in [0.2, 0.25) is 0 Å². The van der Waals surface area contributed by atoms with Crippen molar-refractivity contribution >= 4 is 26.6 Å². The first-order chi connectivity index (χ1) is 12.3. The number of aromatic nitrogens is 1. The quantitative estimate of drug-likeness (QED) is 0.767. The minimum atomic E-state index is -5.41. The lowest BCUT2D eigenvalue weighted by Crippen LogP contribution is -2.33. The van der Waals surface area contributed by atoms with Crippen LogP contribution in [0.4, 0.5) is 22.0 Å². The lowest BCUT2D eigenvalue weighted by atomic mass is 10.1. The second-order valence-corrected chi connectivity index (χ2v) is 7.74. The van der Waals surface area contributed by atoms with E-state index in [1.54, 1.807) is 0 Å². The predicted molar refractivity (Wildman–Crippen MR) is 83.6 cm³/mol. The van der Waals surface area contributed by atoms with Crippen molar-refractivity contribution in [3.63, 3.8) is 0 Å². The number of alkyl halides is 3. The lowest BCUT2D eigenvalue weighted by Gasteiger charge is -2.19. The van der Waals surface area contributed by atoms with Gasteiger partial charge in [0.15, 0.2) is 15.7 Å². The van der Waals surface area contributed by atoms with Crippen LogP contribution in [0.15, 0.2) is 28.4 Å². The standard InChI is InChI=1S/C15H9F5N2O4S/c16-9-4-6-3-8(13(21)23)14(24)22(7-1-2-27(25,26)5-7)12(6)11(17)10(9)15(18,19)20/h1-4,7H,5H2,(H2,21,23). The maximum absolute atomic E-state index is 14.6. The van der Waals surface area contributed by atoms with Gasteiger partial charge in [0.05, 0.1) is 17.3 Å². The van der Waals surface area contributed by atoms with E-state index < -0.39 is 72.9 Å². The van der Waals surface area contributed by atoms with Crippen molar-refractivity contribution in [3.8, 4) is 0 Å². The summed E-state index contributed by atoms with van der Waals surface area (Å²) in [5.41, 5.74) is -0.214. The van der Waals surface area contributed by atoms with Crippen LogP contribution in [0.5, 0.6) is 0 Å². The zero-order chi connectivity index (χ0) is 20.3. The molecule has 6 nitrogen and oxygen atoms in total. The second-order valence-electron chi connectivity index (χ2n) is 5.81. The molecule has 1 aromatic carbocycles. The van der Waals surface area contributed by atoms with Crippen LogP contribution in [0.2, 0.25) is 0 Å². The molecule has 2 N–H and O–H groups in total. The first kappa shape index (κ1) is 19.0. The molecule has 0 spiro atoms. The van der Waals surface area contributed by atoms with Crippen molar-refractivity contribution in [2.24, 2.45) is 5.73 Å². The molecule has 0 radical (unpaired) electrons. The van der Waals surface area contributed by atoms with E-state index in [4.69, 9.17) is 5.73 Å². The van der Waals surface area contributed by atoms with Crippen molar-refractivity contribution in [1.82, 2.24) is 4.57 Å². The minimum Gasteiger partial charge on any atom is -0.365 e. The number of nitrogens with zero attached hydrogens (tertiary/aromatic N) is 1. The number of hydrogen-bond donors (Lipinski definition) is 1. The Morgan fingerprint density at radius 2 is 1.85 bits per heavy atom. The number of halogens is 5. The van der Waals surface area contributed by atoms with Crippen LogP contribution < -0.4 is 11.3 Å². The zero-order valence-electron chi connectivity index (χ0n) is 13.0. The zero-order valence-corrected chi connectivity index (χ0v) is 13.9. The van der Waals surface area contributed by atoms with Crippen molar-refractivity contribution in [2.75, 3.05) is 5.75 Å². The molecule has 0 saturated heterocycles. The third-order valence-corrected chi connectivity index (χ3v) is 5.38. The molecule has 0 saturated carbocycles. The van der Waals surface area contributed by atoms with Crippen LogP contribution in [-0.2, 0) is 16.0 Å². The number of allylic oxidation sites excluding steroid dienone is 1. The second kappa shape index (κ2) is 5.87. The Hall–Kier alpha value is -2.76. The summed E-state index contributed by atoms with van der Waals surface area (Å²) in [7, 11) is -3.80. The summed E-state index contributed by atoms with van der Waals surface area (Å²) in [6, 6.07) is -0.433. The fourth-order valence-corrected chi connectivity index (χ4v) is 4.17. The van der Waals surface area contributed by atoms with E-state index in [0.717, 1.165) is 6.08 Å². The van der Waals surface area contributed by atoms with Gasteiger partial charge in [-0.2, -0.15) is 13.2 Å². The number of fused-ring (bicyclic) bond motifs is 1. The minimum absolute atomic E-state index is 0.302. The molecule has 0 fully saturated rings. The molecule has 1 amide bonds. The molecule has 2 aromatic rings. The Morgan fingerprint density at radius 1 is 1.22 bits per heavy atom. The highest BCUT2D eigenvalue weighted by atomic mass is 32.2. The summed E-state index contributed by atoms with van der Waals surface area (Å²) in [6.07, 6.45) is -4.46. The van der Waals surface area contributed by atoms with Crippen LogP contribution in [0, 0.1) is 11.6 Å². The first-order valence-electron chi connectivity index (χ1n) is 7.18. The predicted octanol–water partition coefficient (Wildman–Crippen LogP) is 1.88. The molecule has 1 unspecified atom stereocenters. The number of carbonyl (C=O) groups is 1. The number of pyridine rings is 1. The average molecular weight is 408 g/mol. The van der Waals surface area contributed by atoms with E-state index in [2.05, 4.69) is 0 Å². The number of primary amides is 1. The maximum atomic E-state index is 14.6. The van der Waals surface area contributed by atoms with Crippen molar-refractivity contribution < 1.29 is 35.2 Å². The van der Waals surface area contributed by atoms with Gasteiger partial charge in [-0.3, -0.25) is 14.2 Å². The Balaban J connectivity index is 2.51. The fourth-order valence-electron chi connectivity index (χ4n) is 2.90. The molecule has 27 heavy (non-hydrogen) atoms. The largest absolute Gasteiger partial charge is 0.422 e.